The van der Waals surface area contributed by atoms with Crippen LogP contribution in [0.15, 0.2) is 10.9 Å². The highest BCUT2D eigenvalue weighted by molar-refractivity contribution is 5.44. The normalized spacial score (nSPS) is 22.4. The van der Waals surface area contributed by atoms with E-state index in [4.69, 9.17) is 5.73 Å². The first-order chi connectivity index (χ1) is 8.09. The number of rotatable bonds is 3. The van der Waals surface area contributed by atoms with Gasteiger partial charge < -0.3 is 15.6 Å². The number of anilines is 1. The number of nitrogens with two attached hydrogens (primary N) is 1. The van der Waals surface area contributed by atoms with Crippen LogP contribution < -0.4 is 16.2 Å². The standard InChI is InChI=1S/C12H18N4O/c1-2-12(13)6-16(7-12)9-5-10(17)15-11(14-9)8-3-4-8/h5,8H,2-4,6-7,13H2,1H3,(H,14,15,17). The summed E-state index contributed by atoms with van der Waals surface area (Å²) in [5.41, 5.74) is 5.98. The van der Waals surface area contributed by atoms with E-state index in [1.54, 1.807) is 6.07 Å². The van der Waals surface area contributed by atoms with Gasteiger partial charge >= 0.3 is 0 Å². The topological polar surface area (TPSA) is 75.0 Å². The number of nitrogens with one attached hydrogen (secondary N) is 1. The summed E-state index contributed by atoms with van der Waals surface area (Å²) in [5.74, 6) is 2.10. The van der Waals surface area contributed by atoms with Crippen molar-refractivity contribution in [3.63, 3.8) is 0 Å². The van der Waals surface area contributed by atoms with E-state index in [1.165, 1.54) is 0 Å². The maximum Gasteiger partial charge on any atom is 0.252 e. The van der Waals surface area contributed by atoms with Crippen LogP contribution in [0.1, 0.15) is 37.9 Å². The van der Waals surface area contributed by atoms with Gasteiger partial charge in [-0.2, -0.15) is 0 Å². The van der Waals surface area contributed by atoms with Gasteiger partial charge in [0.15, 0.2) is 0 Å². The van der Waals surface area contributed by atoms with Crippen LogP contribution in [0, 0.1) is 0 Å². The van der Waals surface area contributed by atoms with Crippen LogP contribution in [0.4, 0.5) is 5.82 Å². The Bertz CT molecular complexity index is 486. The summed E-state index contributed by atoms with van der Waals surface area (Å²) < 4.78 is 0. The highest BCUT2D eigenvalue weighted by atomic mass is 16.1. The molecule has 1 aromatic heterocycles. The molecule has 0 spiro atoms. The molecule has 0 atom stereocenters. The zero-order valence-electron chi connectivity index (χ0n) is 10.1. The van der Waals surface area contributed by atoms with Gasteiger partial charge in [0.2, 0.25) is 0 Å². The Morgan fingerprint density at radius 1 is 1.59 bits per heavy atom. The zero-order valence-corrected chi connectivity index (χ0v) is 10.1. The molecule has 17 heavy (non-hydrogen) atoms. The van der Waals surface area contributed by atoms with Crippen LogP contribution in [-0.2, 0) is 0 Å². The molecule has 2 aliphatic rings. The second kappa shape index (κ2) is 3.57. The zero-order chi connectivity index (χ0) is 12.0. The van der Waals surface area contributed by atoms with Crippen molar-refractivity contribution in [3.8, 4) is 0 Å². The summed E-state index contributed by atoms with van der Waals surface area (Å²) in [7, 11) is 0. The minimum Gasteiger partial charge on any atom is -0.353 e. The summed E-state index contributed by atoms with van der Waals surface area (Å²) in [6, 6.07) is 1.57. The number of nitrogens with zero attached hydrogens (tertiary/aromatic N) is 2. The van der Waals surface area contributed by atoms with Gasteiger partial charge in [-0.05, 0) is 19.3 Å². The van der Waals surface area contributed by atoms with E-state index < -0.39 is 0 Å². The van der Waals surface area contributed by atoms with E-state index in [2.05, 4.69) is 21.8 Å². The van der Waals surface area contributed by atoms with Crippen LogP contribution >= 0.6 is 0 Å². The van der Waals surface area contributed by atoms with E-state index in [9.17, 15) is 4.79 Å². The second-order valence-corrected chi connectivity index (χ2v) is 5.34. The van der Waals surface area contributed by atoms with Crippen LogP contribution in [0.5, 0.6) is 0 Å². The molecule has 0 bridgehead atoms. The average Bonchev–Trinajstić information content (AvgIpc) is 3.07. The molecule has 3 N–H and O–H groups in total. The summed E-state index contributed by atoms with van der Waals surface area (Å²) >= 11 is 0. The number of aromatic nitrogens is 2. The van der Waals surface area contributed by atoms with E-state index in [0.29, 0.717) is 5.92 Å². The maximum atomic E-state index is 11.6. The second-order valence-electron chi connectivity index (χ2n) is 5.34. The molecule has 1 saturated carbocycles. The molecule has 2 heterocycles. The molecule has 1 aliphatic carbocycles. The predicted molar refractivity (Wildman–Crippen MR) is 66.3 cm³/mol. The molecule has 0 unspecified atom stereocenters. The largest absolute Gasteiger partial charge is 0.353 e. The molecule has 2 fully saturated rings. The Hall–Kier alpha value is -1.36. The fourth-order valence-corrected chi connectivity index (χ4v) is 2.27. The monoisotopic (exact) mass is 234 g/mol. The lowest BCUT2D eigenvalue weighted by atomic mass is 9.88. The third-order valence-corrected chi connectivity index (χ3v) is 3.75. The average molecular weight is 234 g/mol. The first kappa shape index (κ1) is 10.8. The van der Waals surface area contributed by atoms with Gasteiger partial charge in [0.1, 0.15) is 11.6 Å². The Balaban J connectivity index is 1.82. The molecule has 0 radical (unpaired) electrons. The van der Waals surface area contributed by atoms with Crippen LogP contribution in [0.2, 0.25) is 0 Å². The van der Waals surface area contributed by atoms with Crippen molar-refractivity contribution in [1.82, 2.24) is 9.97 Å². The number of hydrogen-bond acceptors (Lipinski definition) is 4. The van der Waals surface area contributed by atoms with Gasteiger partial charge in [-0.1, -0.05) is 6.92 Å². The highest BCUT2D eigenvalue weighted by Crippen LogP contribution is 2.38. The predicted octanol–water partition coefficient (Wildman–Crippen LogP) is 0.575. The van der Waals surface area contributed by atoms with Crippen molar-refractivity contribution in [1.29, 1.82) is 0 Å². The third-order valence-electron chi connectivity index (χ3n) is 3.75. The van der Waals surface area contributed by atoms with Gasteiger partial charge in [0.05, 0.1) is 5.54 Å². The number of hydrogen-bond donors (Lipinski definition) is 2. The van der Waals surface area contributed by atoms with Gasteiger partial charge in [0, 0.05) is 25.1 Å². The van der Waals surface area contributed by atoms with Gasteiger partial charge in [0.25, 0.3) is 5.56 Å². The fraction of sp³-hybridized carbons (Fsp3) is 0.667. The Kier molecular flexibility index (Phi) is 2.26. The fourth-order valence-electron chi connectivity index (χ4n) is 2.27. The lowest BCUT2D eigenvalue weighted by Gasteiger charge is -2.48. The van der Waals surface area contributed by atoms with Gasteiger partial charge in [-0.3, -0.25) is 4.79 Å². The van der Waals surface area contributed by atoms with E-state index in [-0.39, 0.29) is 11.1 Å². The van der Waals surface area contributed by atoms with Crippen molar-refractivity contribution < 1.29 is 0 Å². The molecule has 0 amide bonds. The van der Waals surface area contributed by atoms with E-state index in [1.807, 2.05) is 0 Å². The van der Waals surface area contributed by atoms with Crippen molar-refractivity contribution in [2.45, 2.75) is 37.6 Å². The summed E-state index contributed by atoms with van der Waals surface area (Å²) in [5, 5.41) is 0. The quantitative estimate of drug-likeness (QED) is 0.802. The third kappa shape index (κ3) is 1.95. The molecule has 0 aromatic carbocycles. The molecule has 1 aliphatic heterocycles. The van der Waals surface area contributed by atoms with Crippen molar-refractivity contribution in [3.05, 3.63) is 22.2 Å². The SMILES string of the molecule is CCC1(N)CN(c2cc(=O)[nH]c(C3CC3)n2)C1. The Labute approximate surface area is 100 Å². The minimum atomic E-state index is -0.0932. The maximum absolute atomic E-state index is 11.6. The summed E-state index contributed by atoms with van der Waals surface area (Å²) in [4.78, 5) is 21.0. The number of aromatic amines is 1. The summed E-state index contributed by atoms with van der Waals surface area (Å²) in [6.07, 6.45) is 3.24. The van der Waals surface area contributed by atoms with Crippen LogP contribution in [-0.4, -0.2) is 28.6 Å². The lowest BCUT2D eigenvalue weighted by Crippen LogP contribution is -2.67. The van der Waals surface area contributed by atoms with E-state index in [0.717, 1.165) is 44.0 Å². The Morgan fingerprint density at radius 3 is 2.88 bits per heavy atom. The van der Waals surface area contributed by atoms with Crippen molar-refractivity contribution in [2.24, 2.45) is 5.73 Å². The first-order valence-corrected chi connectivity index (χ1v) is 6.25. The van der Waals surface area contributed by atoms with Crippen LogP contribution in [0.3, 0.4) is 0 Å². The molecular formula is C12H18N4O. The highest BCUT2D eigenvalue weighted by Gasteiger charge is 2.39. The Morgan fingerprint density at radius 2 is 2.29 bits per heavy atom. The smallest absolute Gasteiger partial charge is 0.252 e. The molecule has 1 saturated heterocycles. The van der Waals surface area contributed by atoms with E-state index >= 15 is 0 Å². The van der Waals surface area contributed by atoms with Crippen molar-refractivity contribution in [2.75, 3.05) is 18.0 Å². The van der Waals surface area contributed by atoms with Gasteiger partial charge in [-0.25, -0.2) is 4.98 Å². The minimum absolute atomic E-state index is 0.0529. The molecule has 1 aromatic rings. The molecule has 5 heteroatoms. The molecule has 92 valence electrons. The molecule has 5 nitrogen and oxygen atoms in total. The van der Waals surface area contributed by atoms with Crippen LogP contribution in [0.25, 0.3) is 0 Å². The lowest BCUT2D eigenvalue weighted by molar-refractivity contribution is 0.319. The van der Waals surface area contributed by atoms with Crippen molar-refractivity contribution >= 4 is 5.82 Å². The molecule has 3 rings (SSSR count). The molecular weight excluding hydrogens is 216 g/mol. The van der Waals surface area contributed by atoms with Gasteiger partial charge in [-0.15, -0.1) is 0 Å². The summed E-state index contributed by atoms with van der Waals surface area (Å²) in [6.45, 7) is 3.69. The first-order valence-electron chi connectivity index (χ1n) is 6.25. The number of H-pyrrole nitrogens is 1.